The van der Waals surface area contributed by atoms with Gasteiger partial charge < -0.3 is 0 Å². The number of benzene rings is 1. The first-order valence-electron chi connectivity index (χ1n) is 4.91. The minimum atomic E-state index is -3.90. The predicted molar refractivity (Wildman–Crippen MR) is 71.9 cm³/mol. The van der Waals surface area contributed by atoms with Crippen LogP contribution >= 0.6 is 26.6 Å². The van der Waals surface area contributed by atoms with E-state index in [1.807, 2.05) is 25.1 Å². The highest BCUT2D eigenvalue weighted by Gasteiger charge is 2.21. The molecular formula is C10H9BrClN3O2S. The van der Waals surface area contributed by atoms with E-state index in [0.717, 1.165) is 15.6 Å². The van der Waals surface area contributed by atoms with Crippen LogP contribution in [-0.2, 0) is 16.1 Å². The van der Waals surface area contributed by atoms with E-state index in [1.165, 1.54) is 4.57 Å². The maximum absolute atomic E-state index is 11.3. The van der Waals surface area contributed by atoms with E-state index in [4.69, 9.17) is 10.7 Å². The number of halogens is 2. The van der Waals surface area contributed by atoms with Crippen molar-refractivity contribution < 1.29 is 8.42 Å². The maximum Gasteiger partial charge on any atom is 0.296 e. The lowest BCUT2D eigenvalue weighted by Crippen LogP contribution is -2.03. The highest BCUT2D eigenvalue weighted by atomic mass is 79.9. The van der Waals surface area contributed by atoms with Crippen LogP contribution in [0.2, 0.25) is 0 Å². The molecule has 0 saturated carbocycles. The van der Waals surface area contributed by atoms with E-state index in [9.17, 15) is 8.42 Å². The molecule has 5 nitrogen and oxygen atoms in total. The minimum absolute atomic E-state index is 0.271. The van der Waals surface area contributed by atoms with Gasteiger partial charge in [-0.3, -0.25) is 4.57 Å². The fraction of sp³-hybridized carbons (Fsp3) is 0.200. The van der Waals surface area contributed by atoms with Gasteiger partial charge in [0.15, 0.2) is 5.82 Å². The third-order valence-electron chi connectivity index (χ3n) is 2.42. The molecule has 0 amide bonds. The Kier molecular flexibility index (Phi) is 3.48. The highest BCUT2D eigenvalue weighted by molar-refractivity contribution is 9.10. The normalized spacial score (nSPS) is 11.8. The van der Waals surface area contributed by atoms with Gasteiger partial charge in [0.2, 0.25) is 0 Å². The Hall–Kier alpha value is -0.920. The van der Waals surface area contributed by atoms with Crippen molar-refractivity contribution in [2.24, 2.45) is 7.05 Å². The van der Waals surface area contributed by atoms with Crippen LogP contribution in [0.25, 0.3) is 11.4 Å². The molecule has 18 heavy (non-hydrogen) atoms. The summed E-state index contributed by atoms with van der Waals surface area (Å²) in [4.78, 5) is 0. The molecule has 0 bridgehead atoms. The van der Waals surface area contributed by atoms with Crippen molar-refractivity contribution in [2.45, 2.75) is 12.1 Å². The van der Waals surface area contributed by atoms with E-state index >= 15 is 0 Å². The van der Waals surface area contributed by atoms with Crippen LogP contribution in [0.4, 0.5) is 0 Å². The lowest BCUT2D eigenvalue weighted by Gasteiger charge is -2.05. The first-order chi connectivity index (χ1) is 8.30. The van der Waals surface area contributed by atoms with E-state index in [-0.39, 0.29) is 5.16 Å². The van der Waals surface area contributed by atoms with Crippen molar-refractivity contribution in [3.8, 4) is 11.4 Å². The van der Waals surface area contributed by atoms with Crippen LogP contribution in [0.15, 0.2) is 27.8 Å². The minimum Gasteiger partial charge on any atom is -0.300 e. The first-order valence-corrected chi connectivity index (χ1v) is 8.01. The van der Waals surface area contributed by atoms with E-state index in [0.29, 0.717) is 5.82 Å². The summed E-state index contributed by atoms with van der Waals surface area (Å²) in [6, 6.07) is 5.69. The summed E-state index contributed by atoms with van der Waals surface area (Å²) < 4.78 is 24.7. The Morgan fingerprint density at radius 1 is 1.33 bits per heavy atom. The van der Waals surface area contributed by atoms with Gasteiger partial charge in [-0.15, -0.1) is 10.2 Å². The summed E-state index contributed by atoms with van der Waals surface area (Å²) in [6.45, 7) is 1.94. The summed E-state index contributed by atoms with van der Waals surface area (Å²) >= 11 is 3.40. The van der Waals surface area contributed by atoms with Crippen molar-refractivity contribution in [3.05, 3.63) is 28.2 Å². The van der Waals surface area contributed by atoms with Crippen LogP contribution in [-0.4, -0.2) is 23.2 Å². The predicted octanol–water partition coefficient (Wildman–Crippen LogP) is 2.48. The second-order valence-electron chi connectivity index (χ2n) is 3.79. The van der Waals surface area contributed by atoms with Gasteiger partial charge in [0.25, 0.3) is 14.2 Å². The van der Waals surface area contributed by atoms with Crippen LogP contribution in [0, 0.1) is 6.92 Å². The molecule has 96 valence electrons. The molecule has 0 spiro atoms. The summed E-state index contributed by atoms with van der Waals surface area (Å²) in [6.07, 6.45) is 0. The largest absolute Gasteiger partial charge is 0.300 e. The zero-order valence-corrected chi connectivity index (χ0v) is 12.7. The van der Waals surface area contributed by atoms with Crippen LogP contribution < -0.4 is 0 Å². The Morgan fingerprint density at radius 3 is 2.56 bits per heavy atom. The van der Waals surface area contributed by atoms with Gasteiger partial charge in [0.1, 0.15) is 0 Å². The molecule has 2 rings (SSSR count). The van der Waals surface area contributed by atoms with Crippen LogP contribution in [0.1, 0.15) is 5.56 Å². The zero-order chi connectivity index (χ0) is 13.5. The average Bonchev–Trinajstić information content (AvgIpc) is 2.63. The molecule has 0 N–H and O–H groups in total. The molecule has 8 heteroatoms. The maximum atomic E-state index is 11.3. The molecule has 1 aromatic heterocycles. The lowest BCUT2D eigenvalue weighted by atomic mass is 10.1. The van der Waals surface area contributed by atoms with Gasteiger partial charge in [-0.1, -0.05) is 27.6 Å². The van der Waals surface area contributed by atoms with Crippen molar-refractivity contribution in [2.75, 3.05) is 0 Å². The molecule has 0 fully saturated rings. The molecule has 0 aliphatic carbocycles. The van der Waals surface area contributed by atoms with Gasteiger partial charge in [-0.05, 0) is 19.1 Å². The molecule has 0 radical (unpaired) electrons. The molecule has 0 unspecified atom stereocenters. The molecule has 1 aromatic carbocycles. The van der Waals surface area contributed by atoms with Crippen molar-refractivity contribution in [3.63, 3.8) is 0 Å². The van der Waals surface area contributed by atoms with E-state index in [1.54, 1.807) is 7.05 Å². The summed E-state index contributed by atoms with van der Waals surface area (Å²) in [5.41, 5.74) is 1.79. The topological polar surface area (TPSA) is 64.8 Å². The van der Waals surface area contributed by atoms with Gasteiger partial charge in [-0.2, -0.15) is 0 Å². The lowest BCUT2D eigenvalue weighted by molar-refractivity contribution is 0.593. The van der Waals surface area contributed by atoms with E-state index in [2.05, 4.69) is 26.1 Å². The third kappa shape index (κ3) is 2.43. The fourth-order valence-corrected chi connectivity index (χ4v) is 2.95. The number of hydrogen-bond donors (Lipinski definition) is 0. The van der Waals surface area contributed by atoms with Gasteiger partial charge in [-0.25, -0.2) is 8.42 Å². The van der Waals surface area contributed by atoms with Crippen molar-refractivity contribution in [1.29, 1.82) is 0 Å². The number of aryl methyl sites for hydroxylation is 1. The summed E-state index contributed by atoms with van der Waals surface area (Å²) in [5, 5.41) is 7.21. The van der Waals surface area contributed by atoms with Crippen LogP contribution in [0.3, 0.4) is 0 Å². The van der Waals surface area contributed by atoms with Gasteiger partial charge in [0.05, 0.1) is 0 Å². The highest BCUT2D eigenvalue weighted by Crippen LogP contribution is 2.29. The summed E-state index contributed by atoms with van der Waals surface area (Å²) in [7, 11) is 2.93. The Balaban J connectivity index is 2.67. The quantitative estimate of drug-likeness (QED) is 0.781. The molecular weight excluding hydrogens is 342 g/mol. The molecule has 0 saturated heterocycles. The fourth-order valence-electron chi connectivity index (χ4n) is 1.57. The number of hydrogen-bond acceptors (Lipinski definition) is 4. The molecule has 0 aliphatic heterocycles. The Morgan fingerprint density at radius 2 is 2.00 bits per heavy atom. The standard InChI is InChI=1S/C10H9BrClN3O2S/c1-6-3-4-8(11)7(5-6)9-13-14-10(15(9)2)18(12,16)17/h3-5H,1-2H3. The molecule has 1 heterocycles. The van der Waals surface area contributed by atoms with Crippen LogP contribution in [0.5, 0.6) is 0 Å². The number of rotatable bonds is 2. The smallest absolute Gasteiger partial charge is 0.296 e. The number of aromatic nitrogens is 3. The van der Waals surface area contributed by atoms with Gasteiger partial charge in [0, 0.05) is 27.8 Å². The SMILES string of the molecule is Cc1ccc(Br)c(-c2nnc(S(=O)(=O)Cl)n2C)c1. The number of nitrogens with zero attached hydrogens (tertiary/aromatic N) is 3. The molecule has 2 aromatic rings. The summed E-state index contributed by atoms with van der Waals surface area (Å²) in [5.74, 6) is 0.435. The first kappa shape index (κ1) is 13.5. The second-order valence-corrected chi connectivity index (χ2v) is 7.10. The average molecular weight is 351 g/mol. The molecule has 0 atom stereocenters. The van der Waals surface area contributed by atoms with Crippen molar-refractivity contribution >= 4 is 35.7 Å². The zero-order valence-electron chi connectivity index (χ0n) is 9.55. The second kappa shape index (κ2) is 4.64. The van der Waals surface area contributed by atoms with Crippen molar-refractivity contribution in [1.82, 2.24) is 14.8 Å². The van der Waals surface area contributed by atoms with E-state index < -0.39 is 9.05 Å². The third-order valence-corrected chi connectivity index (χ3v) is 4.31. The molecule has 0 aliphatic rings. The Labute approximate surface area is 117 Å². The Bertz CT molecular complexity index is 712. The van der Waals surface area contributed by atoms with Gasteiger partial charge >= 0.3 is 0 Å². The monoisotopic (exact) mass is 349 g/mol.